The molecule has 2 aromatic carbocycles. The Morgan fingerprint density at radius 3 is 1.59 bits per heavy atom. The van der Waals surface area contributed by atoms with E-state index >= 15 is 0 Å². The molecule has 0 aliphatic carbocycles. The van der Waals surface area contributed by atoms with Crippen LogP contribution in [0.15, 0.2) is 48.5 Å². The second-order valence-corrected chi connectivity index (χ2v) is 32.7. The Morgan fingerprint density at radius 2 is 1.04 bits per heavy atom. The maximum absolute atomic E-state index is 14.9. The molecule has 43 heteroatoms. The molecule has 2 fully saturated rings. The molecule has 0 aromatic heterocycles. The normalized spacial score (nSPS) is 19.4. The second-order valence-electron chi connectivity index (χ2n) is 29.5. The second kappa shape index (κ2) is 59.9. The number of carboxylic acid groups (broad SMARTS) is 5. The van der Waals surface area contributed by atoms with Crippen LogP contribution < -0.4 is 43.0 Å². The van der Waals surface area contributed by atoms with Crippen LogP contribution in [0.3, 0.4) is 0 Å². The number of carboxylic acids is 5. The molecular formula is C80H123N13O27S3. The fraction of sp³-hybridized carbons (Fsp3) is 0.662. The van der Waals surface area contributed by atoms with Crippen molar-refractivity contribution >= 4 is 124 Å². The average molecular weight is 1800 g/mol. The van der Waals surface area contributed by atoms with Gasteiger partial charge in [0, 0.05) is 113 Å². The van der Waals surface area contributed by atoms with E-state index < -0.39 is 165 Å². The first-order chi connectivity index (χ1) is 59.0. The fourth-order valence-electron chi connectivity index (χ4n) is 13.3. The maximum Gasteiger partial charge on any atom is 0.327 e. The molecule has 10 amide bonds. The first-order valence-electron chi connectivity index (χ1n) is 41.2. The fourth-order valence-corrected chi connectivity index (χ4v) is 16.1. The largest absolute Gasteiger partial charge is 0.480 e. The highest BCUT2D eigenvalue weighted by Gasteiger charge is 2.45. The lowest BCUT2D eigenvalue weighted by Gasteiger charge is -2.33. The third-order valence-electron chi connectivity index (χ3n) is 19.4. The van der Waals surface area contributed by atoms with Crippen LogP contribution in [0.1, 0.15) is 107 Å². The molecule has 123 heavy (non-hydrogen) atoms. The number of aliphatic carboxylic acids is 5. The predicted molar refractivity (Wildman–Crippen MR) is 451 cm³/mol. The Kier molecular flexibility index (Phi) is 51.0. The lowest BCUT2D eigenvalue weighted by atomic mass is 10.0. The van der Waals surface area contributed by atoms with E-state index in [9.17, 15) is 92.3 Å². The van der Waals surface area contributed by atoms with Gasteiger partial charge in [-0.25, -0.2) is 4.79 Å². The van der Waals surface area contributed by atoms with Crippen molar-refractivity contribution in [3.8, 4) is 0 Å². The summed E-state index contributed by atoms with van der Waals surface area (Å²) in [4.78, 5) is 203. The third-order valence-corrected chi connectivity index (χ3v) is 22.7. The molecule has 15 N–H and O–H groups in total. The number of aliphatic hydroxyl groups excluding tert-OH is 1. The van der Waals surface area contributed by atoms with Gasteiger partial charge in [-0.1, -0.05) is 68.3 Å². The van der Waals surface area contributed by atoms with E-state index in [4.69, 9.17) is 44.4 Å². The summed E-state index contributed by atoms with van der Waals surface area (Å²) in [5.74, 6) is -11.3. The van der Waals surface area contributed by atoms with Crippen molar-refractivity contribution in [3.05, 3.63) is 70.8 Å². The van der Waals surface area contributed by atoms with E-state index in [0.29, 0.717) is 81.7 Å². The summed E-state index contributed by atoms with van der Waals surface area (Å²) in [6.45, 7) is 4.42. The number of benzene rings is 2. The number of rotatable bonds is 54. The molecule has 2 bridgehead atoms. The number of thioether (sulfide) groups is 3. The minimum Gasteiger partial charge on any atom is -0.480 e. The molecule has 40 nitrogen and oxygen atoms in total. The Labute approximate surface area is 728 Å². The Hall–Kier alpha value is -8.86. The number of hydrogen-bond acceptors (Lipinski definition) is 28. The summed E-state index contributed by atoms with van der Waals surface area (Å²) in [7, 11) is 0. The zero-order valence-corrected chi connectivity index (χ0v) is 72.4. The van der Waals surface area contributed by atoms with Gasteiger partial charge < -0.3 is 112 Å². The van der Waals surface area contributed by atoms with Crippen LogP contribution in [0.2, 0.25) is 0 Å². The number of carbonyl (C=O) groups excluding carboxylic acids is 10. The molecule has 2 saturated heterocycles. The van der Waals surface area contributed by atoms with Crippen LogP contribution in [0.25, 0.3) is 0 Å². The van der Waals surface area contributed by atoms with Crippen LogP contribution in [0.4, 0.5) is 0 Å². The van der Waals surface area contributed by atoms with E-state index in [-0.39, 0.29) is 160 Å². The summed E-state index contributed by atoms with van der Waals surface area (Å²) in [6, 6.07) is 5.06. The average Bonchev–Trinajstić information content (AvgIpc) is 1.66. The number of hydrogen-bond donors (Lipinski definition) is 14. The molecule has 0 unspecified atom stereocenters. The number of fused-ring (bicyclic) bond motifs is 4. The minimum atomic E-state index is -1.71. The van der Waals surface area contributed by atoms with Gasteiger partial charge in [-0.3, -0.25) is 81.8 Å². The van der Waals surface area contributed by atoms with Crippen molar-refractivity contribution in [3.63, 3.8) is 0 Å². The number of nitrogens with one attached hydrogen (secondary N) is 7. The molecule has 3 aliphatic heterocycles. The van der Waals surface area contributed by atoms with Crippen molar-refractivity contribution in [2.45, 2.75) is 157 Å². The Morgan fingerprint density at radius 1 is 0.537 bits per heavy atom. The van der Waals surface area contributed by atoms with Gasteiger partial charge in [0.2, 0.25) is 59.1 Å². The third kappa shape index (κ3) is 43.5. The van der Waals surface area contributed by atoms with Crippen LogP contribution >= 0.6 is 35.3 Å². The van der Waals surface area contributed by atoms with Crippen LogP contribution in [-0.2, 0) is 124 Å². The number of aliphatic hydroxyl groups is 1. The first-order valence-corrected chi connectivity index (χ1v) is 44.7. The standard InChI is InChI=1S/C80H123N13O27S3/c1-3-4-6-15-67(97)84-61-52-122-50-57-40-56(49-121-39-20-83-66(96)18-27-115-29-31-117-33-35-119-37-38-120-36-34-118-32-30-116-28-19-82-68(98)44-90(46-70(101)102)25-23-89(45-69(99)100)24-26-91(47-71(103)104)48-72(105)106)41-58(42-57)51-123-53-62(80(113)114)87-75(108)60(43-55-11-7-5-8-12-55)86-74(107)59(16-17-65(81)95)85-77(110)73(54(2)94)88-76(109)63-13-9-21-92(63)79(112)64-14-10-22-93(64)78(61)111/h5,7-8,11-12,40-42,54,59-64,73,94H,3-4,6,9-10,13-39,43-53H2,1-2H3,(H2,81,95)(H,82,98)(H,83,96)(H,84,97)(H,85,110)(H,86,107)(H,87,108)(H,88,109)(H,99,100)(H,101,102)(H,103,104)(H,105,106)(H,113,114)/t54-,59+,60+,61+,62+,63+,64+,73+/m1/s1. The predicted octanol–water partition coefficient (Wildman–Crippen LogP) is -1.67. The van der Waals surface area contributed by atoms with Gasteiger partial charge in [0.15, 0.2) is 0 Å². The molecule has 5 rings (SSSR count). The van der Waals surface area contributed by atoms with Crippen LogP contribution in [0.5, 0.6) is 0 Å². The van der Waals surface area contributed by atoms with E-state index in [1.807, 2.05) is 25.1 Å². The first kappa shape index (κ1) is 105. The summed E-state index contributed by atoms with van der Waals surface area (Å²) in [5, 5.41) is 77.3. The van der Waals surface area contributed by atoms with Gasteiger partial charge in [0.25, 0.3) is 0 Å². The summed E-state index contributed by atoms with van der Waals surface area (Å²) >= 11 is 4.17. The highest BCUT2D eigenvalue weighted by molar-refractivity contribution is 7.99. The molecule has 8 atom stereocenters. The van der Waals surface area contributed by atoms with Gasteiger partial charge in [-0.05, 0) is 67.7 Å². The van der Waals surface area contributed by atoms with Crippen molar-refractivity contribution in [1.82, 2.24) is 61.7 Å². The zero-order chi connectivity index (χ0) is 89.9. The van der Waals surface area contributed by atoms with Gasteiger partial charge in [-0.2, -0.15) is 35.3 Å². The van der Waals surface area contributed by atoms with Gasteiger partial charge >= 0.3 is 29.8 Å². The van der Waals surface area contributed by atoms with Gasteiger partial charge in [0.05, 0.1) is 118 Å². The van der Waals surface area contributed by atoms with Crippen molar-refractivity contribution in [2.24, 2.45) is 5.73 Å². The Balaban J connectivity index is 1.07. The minimum absolute atomic E-state index is 0.0107. The quantitative estimate of drug-likeness (QED) is 0.0329. The highest BCUT2D eigenvalue weighted by Crippen LogP contribution is 2.29. The Bertz CT molecular complexity index is 3680. The molecule has 0 saturated carbocycles. The number of primary amides is 1. The summed E-state index contributed by atoms with van der Waals surface area (Å²) in [6.07, 6.45) is 1.26. The molecule has 0 spiro atoms. The topological polar surface area (TPSA) is 559 Å². The summed E-state index contributed by atoms with van der Waals surface area (Å²) < 4.78 is 33.3. The smallest absolute Gasteiger partial charge is 0.327 e. The van der Waals surface area contributed by atoms with Crippen molar-refractivity contribution in [2.75, 3.05) is 182 Å². The number of nitrogens with zero attached hydrogens (tertiary/aromatic N) is 5. The number of carbonyl (C=O) groups is 15. The summed E-state index contributed by atoms with van der Waals surface area (Å²) in [5.41, 5.74) is 8.62. The van der Waals surface area contributed by atoms with Crippen LogP contribution in [0, 0.1) is 0 Å². The number of amides is 10. The molecule has 688 valence electrons. The number of nitrogens with two attached hydrogens (primary N) is 1. The van der Waals surface area contributed by atoms with Crippen LogP contribution in [-0.4, -0.2) is 374 Å². The van der Waals surface area contributed by atoms with E-state index in [2.05, 4.69) is 37.2 Å². The SMILES string of the molecule is CCCCCC(=O)N[C@H]1CSCc2cc(CSCCNC(=O)CCOCCOCCOCCOCCOCCOCCNC(=O)CN(CCN(CCN(CC(=O)O)CC(=O)O)CC(=O)O)CC(=O)O)cc(c2)CSC[C@@H](C(=O)O)NC(=O)[C@H](Cc2ccccc2)NC(=O)[C@H](CCC(N)=O)NC(=O)[C@H]([C@@H](C)O)NC(=O)[C@@H]2CCCN2C(=O)[C@@H]2CCCN2C1=O. The molecule has 3 aliphatic rings. The van der Waals surface area contributed by atoms with Gasteiger partial charge in [0.1, 0.15) is 42.3 Å². The number of unbranched alkanes of at least 4 members (excludes halogenated alkanes) is 2. The zero-order valence-electron chi connectivity index (χ0n) is 69.9. The molecule has 2 aromatic rings. The molecule has 0 radical (unpaired) electrons. The molecular weight excluding hydrogens is 1670 g/mol. The number of ether oxygens (including phenoxy) is 6. The molecule has 3 heterocycles. The van der Waals surface area contributed by atoms with Crippen molar-refractivity contribution < 1.29 is 131 Å². The van der Waals surface area contributed by atoms with E-state index in [1.54, 1.807) is 42.1 Å². The van der Waals surface area contributed by atoms with Crippen molar-refractivity contribution in [1.29, 1.82) is 0 Å². The maximum atomic E-state index is 14.9. The van der Waals surface area contributed by atoms with E-state index in [1.165, 1.54) is 50.0 Å². The lowest BCUT2D eigenvalue weighted by Crippen LogP contribution is -2.61. The monoisotopic (exact) mass is 1790 g/mol. The lowest BCUT2D eigenvalue weighted by molar-refractivity contribution is -0.148. The van der Waals surface area contributed by atoms with Gasteiger partial charge in [-0.15, -0.1) is 0 Å². The highest BCUT2D eigenvalue weighted by atomic mass is 32.2. The van der Waals surface area contributed by atoms with E-state index in [0.717, 1.165) is 34.4 Å².